The molecule has 1 N–H and O–H groups in total. The van der Waals surface area contributed by atoms with E-state index in [2.05, 4.69) is 53.4 Å². The zero-order valence-corrected chi connectivity index (χ0v) is 12.8. The lowest BCUT2D eigenvalue weighted by atomic mass is 10.1. The summed E-state index contributed by atoms with van der Waals surface area (Å²) >= 11 is 0. The Bertz CT molecular complexity index is 591. The molecule has 1 aromatic heterocycles. The topological polar surface area (TPSA) is 28.2 Å². The minimum atomic E-state index is 0.760. The smallest absolute Gasteiger partial charge is 0.0598 e. The van der Waals surface area contributed by atoms with Crippen molar-refractivity contribution in [3.05, 3.63) is 59.4 Å². The first-order valence-electron chi connectivity index (χ1n) is 7.66. The average Bonchev–Trinajstić information content (AvgIpc) is 3.31. The van der Waals surface area contributed by atoms with E-state index >= 15 is 0 Å². The van der Waals surface area contributed by atoms with E-state index in [1.54, 1.807) is 0 Å². The Labute approximate surface area is 127 Å². The number of pyridine rings is 1. The number of benzene rings is 1. The molecule has 0 atom stereocenters. The van der Waals surface area contributed by atoms with E-state index in [-0.39, 0.29) is 0 Å². The fourth-order valence-electron chi connectivity index (χ4n) is 2.48. The Balaban J connectivity index is 1.65. The largest absolute Gasteiger partial charge is 0.369 e. The fraction of sp³-hybridized carbons (Fsp3) is 0.389. The van der Waals surface area contributed by atoms with E-state index in [0.717, 1.165) is 24.8 Å². The summed E-state index contributed by atoms with van der Waals surface area (Å²) in [4.78, 5) is 6.63. The SMILES string of the molecule is Cc1cc(N(C)Cc2ccccn2)ccc1CNC1CC1. The zero-order valence-electron chi connectivity index (χ0n) is 12.8. The predicted molar refractivity (Wildman–Crippen MR) is 87.4 cm³/mol. The van der Waals surface area contributed by atoms with E-state index in [4.69, 9.17) is 0 Å². The van der Waals surface area contributed by atoms with Crippen molar-refractivity contribution in [1.82, 2.24) is 10.3 Å². The normalized spacial score (nSPS) is 14.2. The summed E-state index contributed by atoms with van der Waals surface area (Å²) in [5.41, 5.74) is 5.09. The van der Waals surface area contributed by atoms with Gasteiger partial charge in [-0.3, -0.25) is 4.98 Å². The van der Waals surface area contributed by atoms with Gasteiger partial charge in [-0.25, -0.2) is 0 Å². The molecule has 21 heavy (non-hydrogen) atoms. The number of hydrogen-bond donors (Lipinski definition) is 1. The minimum Gasteiger partial charge on any atom is -0.369 e. The number of hydrogen-bond acceptors (Lipinski definition) is 3. The van der Waals surface area contributed by atoms with Crippen LogP contribution in [0, 0.1) is 6.92 Å². The molecule has 2 aromatic rings. The van der Waals surface area contributed by atoms with Gasteiger partial charge in [0.15, 0.2) is 0 Å². The van der Waals surface area contributed by atoms with Crippen molar-refractivity contribution in [1.29, 1.82) is 0 Å². The standard InChI is InChI=1S/C18H23N3/c1-14-11-18(9-6-15(14)12-20-16-7-8-16)21(2)13-17-5-3-4-10-19-17/h3-6,9-11,16,20H,7-8,12-13H2,1-2H3. The van der Waals surface area contributed by atoms with Gasteiger partial charge in [0.05, 0.1) is 12.2 Å². The van der Waals surface area contributed by atoms with Crippen LogP contribution in [-0.4, -0.2) is 18.1 Å². The second-order valence-electron chi connectivity index (χ2n) is 5.94. The number of nitrogens with zero attached hydrogens (tertiary/aromatic N) is 2. The number of anilines is 1. The lowest BCUT2D eigenvalue weighted by molar-refractivity contribution is 0.685. The molecule has 1 fully saturated rings. The summed E-state index contributed by atoms with van der Waals surface area (Å²) in [7, 11) is 2.12. The molecular weight excluding hydrogens is 258 g/mol. The van der Waals surface area contributed by atoms with Crippen LogP contribution >= 0.6 is 0 Å². The Morgan fingerprint density at radius 1 is 1.24 bits per heavy atom. The van der Waals surface area contributed by atoms with Crippen molar-refractivity contribution in [3.63, 3.8) is 0 Å². The maximum absolute atomic E-state index is 4.39. The molecule has 0 aliphatic heterocycles. The second-order valence-corrected chi connectivity index (χ2v) is 5.94. The fourth-order valence-corrected chi connectivity index (χ4v) is 2.48. The van der Waals surface area contributed by atoms with Crippen LogP contribution in [-0.2, 0) is 13.1 Å². The van der Waals surface area contributed by atoms with Crippen LogP contribution in [0.15, 0.2) is 42.6 Å². The Morgan fingerprint density at radius 3 is 2.76 bits per heavy atom. The minimum absolute atomic E-state index is 0.760. The van der Waals surface area contributed by atoms with Gasteiger partial charge in [-0.05, 0) is 55.2 Å². The average molecular weight is 281 g/mol. The molecule has 0 spiro atoms. The summed E-state index contributed by atoms with van der Waals surface area (Å²) in [6.07, 6.45) is 4.52. The van der Waals surface area contributed by atoms with E-state index < -0.39 is 0 Å². The Kier molecular flexibility index (Phi) is 4.20. The molecule has 1 aliphatic carbocycles. The van der Waals surface area contributed by atoms with Crippen molar-refractivity contribution in [2.45, 2.75) is 38.9 Å². The lowest BCUT2D eigenvalue weighted by Crippen LogP contribution is -2.18. The molecule has 0 unspecified atom stereocenters. The van der Waals surface area contributed by atoms with Gasteiger partial charge in [-0.15, -0.1) is 0 Å². The van der Waals surface area contributed by atoms with E-state index in [1.807, 2.05) is 18.3 Å². The summed E-state index contributed by atoms with van der Waals surface area (Å²) < 4.78 is 0. The van der Waals surface area contributed by atoms with E-state index in [1.165, 1.54) is 29.7 Å². The Morgan fingerprint density at radius 2 is 2.10 bits per heavy atom. The number of rotatable bonds is 6. The number of nitrogens with one attached hydrogen (secondary N) is 1. The molecule has 110 valence electrons. The molecule has 1 aromatic carbocycles. The van der Waals surface area contributed by atoms with Crippen molar-refractivity contribution >= 4 is 5.69 Å². The highest BCUT2D eigenvalue weighted by Crippen LogP contribution is 2.22. The first-order valence-corrected chi connectivity index (χ1v) is 7.66. The first kappa shape index (κ1) is 14.1. The molecule has 0 amide bonds. The highest BCUT2D eigenvalue weighted by molar-refractivity contribution is 5.50. The van der Waals surface area contributed by atoms with Crippen LogP contribution < -0.4 is 10.2 Å². The van der Waals surface area contributed by atoms with Crippen LogP contribution in [0.4, 0.5) is 5.69 Å². The molecule has 3 rings (SSSR count). The predicted octanol–water partition coefficient (Wildman–Crippen LogP) is 3.28. The van der Waals surface area contributed by atoms with Gasteiger partial charge in [-0.2, -0.15) is 0 Å². The highest BCUT2D eigenvalue weighted by Gasteiger charge is 2.20. The van der Waals surface area contributed by atoms with Crippen molar-refractivity contribution in [3.8, 4) is 0 Å². The zero-order chi connectivity index (χ0) is 14.7. The molecule has 0 saturated heterocycles. The lowest BCUT2D eigenvalue weighted by Gasteiger charge is -2.20. The van der Waals surface area contributed by atoms with Crippen LogP contribution in [0.2, 0.25) is 0 Å². The number of aromatic nitrogens is 1. The van der Waals surface area contributed by atoms with Crippen molar-refractivity contribution in [2.24, 2.45) is 0 Å². The molecule has 1 aliphatic rings. The molecular formula is C18H23N3. The maximum atomic E-state index is 4.39. The van der Waals surface area contributed by atoms with Gasteiger partial charge in [0.1, 0.15) is 0 Å². The monoisotopic (exact) mass is 281 g/mol. The summed E-state index contributed by atoms with van der Waals surface area (Å²) in [5.74, 6) is 0. The molecule has 3 nitrogen and oxygen atoms in total. The molecule has 1 saturated carbocycles. The third kappa shape index (κ3) is 3.82. The second kappa shape index (κ2) is 6.27. The molecule has 1 heterocycles. The molecule has 3 heteroatoms. The first-order chi connectivity index (χ1) is 10.2. The Hall–Kier alpha value is -1.87. The van der Waals surface area contributed by atoms with Gasteiger partial charge < -0.3 is 10.2 Å². The van der Waals surface area contributed by atoms with Crippen LogP contribution in [0.3, 0.4) is 0 Å². The highest BCUT2D eigenvalue weighted by atomic mass is 15.1. The van der Waals surface area contributed by atoms with Gasteiger partial charge >= 0.3 is 0 Å². The van der Waals surface area contributed by atoms with Gasteiger partial charge in [0.25, 0.3) is 0 Å². The number of aryl methyl sites for hydroxylation is 1. The van der Waals surface area contributed by atoms with Crippen LogP contribution in [0.1, 0.15) is 29.7 Å². The quantitative estimate of drug-likeness (QED) is 0.880. The van der Waals surface area contributed by atoms with Gasteiger partial charge in [0, 0.05) is 31.5 Å². The summed E-state index contributed by atoms with van der Waals surface area (Å²) in [6, 6.07) is 13.5. The maximum Gasteiger partial charge on any atom is 0.0598 e. The third-order valence-electron chi connectivity index (χ3n) is 4.05. The third-order valence-corrected chi connectivity index (χ3v) is 4.05. The van der Waals surface area contributed by atoms with Crippen molar-refractivity contribution in [2.75, 3.05) is 11.9 Å². The summed E-state index contributed by atoms with van der Waals surface area (Å²) in [6.45, 7) is 4.02. The molecule has 0 radical (unpaired) electrons. The van der Waals surface area contributed by atoms with E-state index in [9.17, 15) is 0 Å². The summed E-state index contributed by atoms with van der Waals surface area (Å²) in [5, 5.41) is 3.58. The van der Waals surface area contributed by atoms with Crippen LogP contribution in [0.5, 0.6) is 0 Å². The van der Waals surface area contributed by atoms with Crippen molar-refractivity contribution < 1.29 is 0 Å². The van der Waals surface area contributed by atoms with E-state index in [0.29, 0.717) is 0 Å². The van der Waals surface area contributed by atoms with Gasteiger partial charge in [0.2, 0.25) is 0 Å². The molecule has 0 bridgehead atoms. The van der Waals surface area contributed by atoms with Crippen LogP contribution in [0.25, 0.3) is 0 Å². The van der Waals surface area contributed by atoms with Gasteiger partial charge in [-0.1, -0.05) is 12.1 Å².